The summed E-state index contributed by atoms with van der Waals surface area (Å²) >= 11 is 0. The molecule has 3 aliphatic heterocycles. The van der Waals surface area contributed by atoms with Gasteiger partial charge in [0.15, 0.2) is 0 Å². The molecule has 0 spiro atoms. The first-order valence-electron chi connectivity index (χ1n) is 17.1. The molecule has 4 rings (SSSR count). The second kappa shape index (κ2) is 18.5. The summed E-state index contributed by atoms with van der Waals surface area (Å²) in [7, 11) is 0. The molecule has 1 aromatic rings. The molecule has 1 fully saturated rings. The average molecular weight is 688 g/mol. The molecule has 15 nitrogen and oxygen atoms in total. The Balaban J connectivity index is 1.80. The van der Waals surface area contributed by atoms with E-state index in [-0.39, 0.29) is 37.8 Å². The number of carbonyl (C=O) groups excluding carboxylic acids is 6. The largest absolute Gasteiger partial charge is 0.494 e. The number of nitrogens with two attached hydrogens (primary N) is 2. The second-order valence-corrected chi connectivity index (χ2v) is 13.4. The number of aliphatic hydroxyl groups is 1. The van der Waals surface area contributed by atoms with E-state index in [1.54, 1.807) is 26.0 Å². The minimum absolute atomic E-state index is 0.00830. The number of benzene rings is 1. The van der Waals surface area contributed by atoms with Gasteiger partial charge in [-0.15, -0.1) is 0 Å². The SMILES string of the molecule is CC[C@H](C)[C@H](NC(=O)[C@@H]1CCCN1C[C@H](O)[C@H]1Cc2ccc(cc2)OCCCC(=O)NC(CC(N)=O)C(=O)N1)C(=O)N[C@H](C(N)=O)C(C)C. The van der Waals surface area contributed by atoms with Crippen LogP contribution < -0.4 is 37.5 Å². The highest BCUT2D eigenvalue weighted by Gasteiger charge is 2.38. The molecule has 15 heteroatoms. The van der Waals surface area contributed by atoms with E-state index in [1.807, 2.05) is 30.9 Å². The number of ether oxygens (including phenoxy) is 1. The van der Waals surface area contributed by atoms with Crippen LogP contribution in [0.25, 0.3) is 0 Å². The van der Waals surface area contributed by atoms with Crippen molar-refractivity contribution in [3.05, 3.63) is 29.8 Å². The molecule has 0 radical (unpaired) electrons. The lowest BCUT2D eigenvalue weighted by Gasteiger charge is -2.33. The first-order valence-corrected chi connectivity index (χ1v) is 17.1. The molecule has 1 unspecified atom stereocenters. The van der Waals surface area contributed by atoms with Gasteiger partial charge in [-0.1, -0.05) is 46.2 Å². The van der Waals surface area contributed by atoms with Gasteiger partial charge in [0.05, 0.1) is 31.2 Å². The van der Waals surface area contributed by atoms with E-state index >= 15 is 0 Å². The van der Waals surface area contributed by atoms with Crippen molar-refractivity contribution in [2.45, 2.75) is 109 Å². The number of rotatable bonds is 13. The monoisotopic (exact) mass is 687 g/mol. The summed E-state index contributed by atoms with van der Waals surface area (Å²) in [6.07, 6.45) is 0.768. The van der Waals surface area contributed by atoms with E-state index in [0.717, 1.165) is 5.56 Å². The van der Waals surface area contributed by atoms with Crippen molar-refractivity contribution in [2.75, 3.05) is 19.7 Å². The quantitative estimate of drug-likeness (QED) is 0.138. The van der Waals surface area contributed by atoms with Crippen LogP contribution in [0.1, 0.15) is 71.8 Å². The fraction of sp³-hybridized carbons (Fsp3) is 0.647. The molecule has 1 aromatic carbocycles. The molecule has 0 aromatic heterocycles. The molecule has 1 saturated heterocycles. The number of primary amides is 2. The van der Waals surface area contributed by atoms with Crippen LogP contribution in [0.4, 0.5) is 0 Å². The van der Waals surface area contributed by atoms with Crippen molar-refractivity contribution in [3.63, 3.8) is 0 Å². The van der Waals surface area contributed by atoms with Gasteiger partial charge in [-0.05, 0) is 61.8 Å². The van der Waals surface area contributed by atoms with Gasteiger partial charge in [0, 0.05) is 13.0 Å². The summed E-state index contributed by atoms with van der Waals surface area (Å²) in [6.45, 7) is 8.03. The number of β-amino-alcohol motifs (C(OH)–C–C–N with tert-alkyl or cyclic N) is 1. The fourth-order valence-electron chi connectivity index (χ4n) is 6.11. The van der Waals surface area contributed by atoms with Gasteiger partial charge in [0.25, 0.3) is 0 Å². The van der Waals surface area contributed by atoms with E-state index in [0.29, 0.717) is 38.0 Å². The predicted octanol–water partition coefficient (Wildman–Crippen LogP) is -0.771. The molecule has 9 N–H and O–H groups in total. The topological polar surface area (TPSA) is 235 Å². The highest BCUT2D eigenvalue weighted by atomic mass is 16.5. The van der Waals surface area contributed by atoms with Crippen LogP contribution in [0.2, 0.25) is 0 Å². The summed E-state index contributed by atoms with van der Waals surface area (Å²) in [5.41, 5.74) is 11.7. The van der Waals surface area contributed by atoms with Crippen LogP contribution in [0.15, 0.2) is 24.3 Å². The standard InChI is InChI=1S/C34H53N7O8/c1-5-20(4)30(34(48)39-29(19(2)3)31(36)45)40-33(47)25-8-6-14-41(25)18-26(42)23-16-21-10-12-22(13-11-21)49-15-7-9-28(44)37-24(17-27(35)43)32(46)38-23/h10-13,19-20,23-26,29-30,42H,5-9,14-18H2,1-4H3,(H2,35,43)(H2,36,45)(H,37,44)(H,38,46)(H,39,48)(H,40,47)/t20-,23+,24?,25-,26-,29-,30-/m0/s1. The molecule has 3 aliphatic rings. The maximum absolute atomic E-state index is 13.7. The summed E-state index contributed by atoms with van der Waals surface area (Å²) in [4.78, 5) is 78.5. The van der Waals surface area contributed by atoms with Gasteiger partial charge in [0.2, 0.25) is 35.4 Å². The predicted molar refractivity (Wildman–Crippen MR) is 180 cm³/mol. The molecule has 6 amide bonds. The molecular weight excluding hydrogens is 634 g/mol. The third kappa shape index (κ3) is 11.7. The van der Waals surface area contributed by atoms with Crippen molar-refractivity contribution < 1.29 is 38.6 Å². The lowest BCUT2D eigenvalue weighted by atomic mass is 9.96. The Bertz CT molecular complexity index is 1320. The number of aliphatic hydroxyl groups excluding tert-OH is 1. The third-order valence-corrected chi connectivity index (χ3v) is 9.20. The van der Waals surface area contributed by atoms with E-state index in [2.05, 4.69) is 21.3 Å². The lowest BCUT2D eigenvalue weighted by Crippen LogP contribution is -2.59. The van der Waals surface area contributed by atoms with Crippen molar-refractivity contribution in [2.24, 2.45) is 23.3 Å². The Morgan fingerprint density at radius 1 is 1.02 bits per heavy atom. The van der Waals surface area contributed by atoms with Crippen molar-refractivity contribution in [1.29, 1.82) is 0 Å². The molecule has 0 saturated carbocycles. The van der Waals surface area contributed by atoms with Gasteiger partial charge < -0.3 is 42.6 Å². The van der Waals surface area contributed by atoms with Gasteiger partial charge in [0.1, 0.15) is 23.9 Å². The zero-order valence-electron chi connectivity index (χ0n) is 28.9. The van der Waals surface area contributed by atoms with Crippen LogP contribution in [0, 0.1) is 11.8 Å². The maximum atomic E-state index is 13.7. The van der Waals surface area contributed by atoms with Gasteiger partial charge in [-0.3, -0.25) is 33.7 Å². The summed E-state index contributed by atoms with van der Waals surface area (Å²) in [5, 5.41) is 22.5. The third-order valence-electron chi connectivity index (χ3n) is 9.20. The number of fused-ring (bicyclic) bond motifs is 12. The normalized spacial score (nSPS) is 23.1. The molecule has 3 heterocycles. The van der Waals surface area contributed by atoms with E-state index in [1.165, 1.54) is 0 Å². The van der Waals surface area contributed by atoms with Crippen LogP contribution >= 0.6 is 0 Å². The van der Waals surface area contributed by atoms with E-state index in [4.69, 9.17) is 16.2 Å². The molecule has 7 atom stereocenters. The van der Waals surface area contributed by atoms with E-state index in [9.17, 15) is 33.9 Å². The highest BCUT2D eigenvalue weighted by molar-refractivity contribution is 5.93. The first-order chi connectivity index (χ1) is 23.2. The van der Waals surface area contributed by atoms with Crippen LogP contribution in [0.3, 0.4) is 0 Å². The van der Waals surface area contributed by atoms with Crippen molar-refractivity contribution >= 4 is 35.4 Å². The number of carbonyl (C=O) groups is 6. The highest BCUT2D eigenvalue weighted by Crippen LogP contribution is 2.21. The lowest BCUT2D eigenvalue weighted by molar-refractivity contribution is -0.134. The summed E-state index contributed by atoms with van der Waals surface area (Å²) < 4.78 is 5.72. The molecule has 49 heavy (non-hydrogen) atoms. The smallest absolute Gasteiger partial charge is 0.243 e. The second-order valence-electron chi connectivity index (χ2n) is 13.4. The number of nitrogens with one attached hydrogen (secondary N) is 4. The maximum Gasteiger partial charge on any atom is 0.243 e. The zero-order valence-corrected chi connectivity index (χ0v) is 28.9. The molecule has 0 aliphatic carbocycles. The Morgan fingerprint density at radius 2 is 1.71 bits per heavy atom. The fourth-order valence-corrected chi connectivity index (χ4v) is 6.11. The van der Waals surface area contributed by atoms with Crippen molar-refractivity contribution in [1.82, 2.24) is 26.2 Å². The van der Waals surface area contributed by atoms with Gasteiger partial charge >= 0.3 is 0 Å². The number of nitrogens with zero attached hydrogens (tertiary/aromatic N) is 1. The summed E-state index contributed by atoms with van der Waals surface area (Å²) in [5.74, 6) is -3.35. The van der Waals surface area contributed by atoms with Crippen LogP contribution in [0.5, 0.6) is 5.75 Å². The molecular formula is C34H53N7O8. The van der Waals surface area contributed by atoms with Crippen LogP contribution in [-0.2, 0) is 35.2 Å². The number of likely N-dealkylation sites (tertiary alicyclic amines) is 1. The first kappa shape index (κ1) is 39.2. The molecule has 272 valence electrons. The minimum atomic E-state index is -1.24. The van der Waals surface area contributed by atoms with Crippen molar-refractivity contribution in [3.8, 4) is 5.75 Å². The minimum Gasteiger partial charge on any atom is -0.494 e. The Hall–Kier alpha value is -4.24. The van der Waals surface area contributed by atoms with Gasteiger partial charge in [-0.2, -0.15) is 0 Å². The molecule has 2 bridgehead atoms. The Labute approximate surface area is 287 Å². The van der Waals surface area contributed by atoms with E-state index < -0.39 is 78.2 Å². The zero-order chi connectivity index (χ0) is 36.2. The van der Waals surface area contributed by atoms with Crippen LogP contribution in [-0.4, -0.2) is 101 Å². The Morgan fingerprint density at radius 3 is 2.33 bits per heavy atom. The number of amides is 6. The Kier molecular flexibility index (Phi) is 14.8. The number of hydrogen-bond acceptors (Lipinski definition) is 9. The summed E-state index contributed by atoms with van der Waals surface area (Å²) in [6, 6.07) is 2.58. The van der Waals surface area contributed by atoms with Gasteiger partial charge in [-0.25, -0.2) is 0 Å². The average Bonchev–Trinajstić information content (AvgIpc) is 3.51. The number of hydrogen-bond donors (Lipinski definition) is 7.